The van der Waals surface area contributed by atoms with Gasteiger partial charge in [-0.1, -0.05) is 115 Å². The maximum absolute atomic E-state index is 4.53. The summed E-state index contributed by atoms with van der Waals surface area (Å²) in [4.78, 5) is 6.96. The molecule has 48 heavy (non-hydrogen) atoms. The smallest absolute Gasteiger partial charge is 0.0555 e. The highest BCUT2D eigenvalue weighted by molar-refractivity contribution is 7.25. The molecule has 0 amide bonds. The van der Waals surface area contributed by atoms with Crippen molar-refractivity contribution in [3.8, 4) is 44.5 Å². The van der Waals surface area contributed by atoms with Crippen molar-refractivity contribution in [1.29, 1.82) is 0 Å². The van der Waals surface area contributed by atoms with Crippen molar-refractivity contribution < 1.29 is 0 Å². The highest BCUT2D eigenvalue weighted by atomic mass is 32.1. The topological polar surface area (TPSA) is 16.1 Å². The minimum absolute atomic E-state index is 1.11. The summed E-state index contributed by atoms with van der Waals surface area (Å²) in [7, 11) is 0. The number of aromatic nitrogens is 1. The van der Waals surface area contributed by atoms with Crippen LogP contribution >= 0.6 is 11.3 Å². The summed E-state index contributed by atoms with van der Waals surface area (Å²) < 4.78 is 2.51. The molecular weight excluding hydrogens is 601 g/mol. The first-order chi connectivity index (χ1) is 23.8. The number of anilines is 3. The van der Waals surface area contributed by atoms with Gasteiger partial charge in [0.2, 0.25) is 0 Å². The van der Waals surface area contributed by atoms with Crippen LogP contribution < -0.4 is 4.90 Å². The van der Waals surface area contributed by atoms with Crippen molar-refractivity contribution in [1.82, 2.24) is 4.98 Å². The first-order valence-corrected chi connectivity index (χ1v) is 17.1. The summed E-state index contributed by atoms with van der Waals surface area (Å²) in [5, 5.41) is 5.05. The molecular formula is C45H28N2S. The van der Waals surface area contributed by atoms with E-state index in [9.17, 15) is 0 Å². The third-order valence-corrected chi connectivity index (χ3v) is 10.8. The van der Waals surface area contributed by atoms with E-state index >= 15 is 0 Å². The van der Waals surface area contributed by atoms with Gasteiger partial charge in [0.25, 0.3) is 0 Å². The maximum atomic E-state index is 4.53. The molecule has 224 valence electrons. The van der Waals surface area contributed by atoms with E-state index in [0.717, 1.165) is 17.1 Å². The quantitative estimate of drug-likeness (QED) is 0.188. The van der Waals surface area contributed by atoms with Crippen molar-refractivity contribution in [2.45, 2.75) is 0 Å². The highest BCUT2D eigenvalue weighted by Crippen LogP contribution is 2.51. The van der Waals surface area contributed by atoms with E-state index in [1.165, 1.54) is 75.5 Å². The summed E-state index contributed by atoms with van der Waals surface area (Å²) in [6.45, 7) is 0. The van der Waals surface area contributed by atoms with Crippen LogP contribution in [0.5, 0.6) is 0 Å². The number of fused-ring (bicyclic) bond motifs is 6. The molecule has 1 aliphatic rings. The van der Waals surface area contributed by atoms with Crippen LogP contribution in [0.3, 0.4) is 0 Å². The maximum Gasteiger partial charge on any atom is 0.0555 e. The third-order valence-electron chi connectivity index (χ3n) is 9.71. The Morgan fingerprint density at radius 1 is 0.438 bits per heavy atom. The van der Waals surface area contributed by atoms with E-state index in [-0.39, 0.29) is 0 Å². The van der Waals surface area contributed by atoms with Crippen LogP contribution in [0.25, 0.3) is 75.5 Å². The van der Waals surface area contributed by atoms with E-state index in [1.807, 2.05) is 23.7 Å². The molecule has 0 aliphatic heterocycles. The zero-order valence-corrected chi connectivity index (χ0v) is 26.8. The Balaban J connectivity index is 1.13. The molecule has 9 aromatic rings. The van der Waals surface area contributed by atoms with Crippen LogP contribution in [0.1, 0.15) is 0 Å². The van der Waals surface area contributed by atoms with E-state index in [0.29, 0.717) is 0 Å². The van der Waals surface area contributed by atoms with Crippen LogP contribution in [-0.2, 0) is 0 Å². The first kappa shape index (κ1) is 27.1. The molecule has 3 heteroatoms. The molecule has 2 nitrogen and oxygen atoms in total. The minimum Gasteiger partial charge on any atom is -0.310 e. The predicted octanol–water partition coefficient (Wildman–Crippen LogP) is 13.1. The zero-order valence-electron chi connectivity index (χ0n) is 26.0. The van der Waals surface area contributed by atoms with Gasteiger partial charge in [-0.3, -0.25) is 4.98 Å². The zero-order chi connectivity index (χ0) is 31.6. The second kappa shape index (κ2) is 10.8. The fourth-order valence-corrected chi connectivity index (χ4v) is 8.57. The number of pyridine rings is 1. The van der Waals surface area contributed by atoms with Crippen molar-refractivity contribution in [2.24, 2.45) is 0 Å². The van der Waals surface area contributed by atoms with Crippen molar-refractivity contribution in [2.75, 3.05) is 4.90 Å². The normalized spacial score (nSPS) is 11.8. The lowest BCUT2D eigenvalue weighted by Crippen LogP contribution is -2.10. The molecule has 0 atom stereocenters. The van der Waals surface area contributed by atoms with Gasteiger partial charge >= 0.3 is 0 Å². The van der Waals surface area contributed by atoms with Gasteiger partial charge < -0.3 is 4.90 Å². The number of hydrogen-bond donors (Lipinski definition) is 0. The standard InChI is InChI=1S/C45H28N2S/c1-2-7-29(8-3-1)30-15-17-31(18-16-30)32-19-21-34(22-20-32)47(41-13-6-14-43-45(41)40-28-46-26-25-42(40)48-43)35-23-24-36-37-11-4-9-33-10-5-12-38(44(33)37)39(36)27-35/h1-28H. The summed E-state index contributed by atoms with van der Waals surface area (Å²) in [5.74, 6) is 0. The molecule has 2 aromatic heterocycles. The second-order valence-electron chi connectivity index (χ2n) is 12.4. The van der Waals surface area contributed by atoms with Crippen LogP contribution in [0.15, 0.2) is 170 Å². The molecule has 1 aliphatic carbocycles. The Morgan fingerprint density at radius 2 is 1.08 bits per heavy atom. The SMILES string of the molecule is c1ccc(-c2ccc(-c3ccc(N(c4ccc5c(c4)-c4cccc6cccc-5c46)c4cccc5sc6ccncc6c45)cc3)cc2)cc1. The van der Waals surface area contributed by atoms with Crippen LogP contribution in [-0.4, -0.2) is 4.98 Å². The van der Waals surface area contributed by atoms with E-state index in [2.05, 4.69) is 168 Å². The lowest BCUT2D eigenvalue weighted by Gasteiger charge is -2.27. The highest BCUT2D eigenvalue weighted by Gasteiger charge is 2.24. The molecule has 7 aromatic carbocycles. The van der Waals surface area contributed by atoms with Gasteiger partial charge in [0.1, 0.15) is 0 Å². The van der Waals surface area contributed by atoms with Crippen molar-refractivity contribution >= 4 is 59.3 Å². The van der Waals surface area contributed by atoms with Crippen molar-refractivity contribution in [3.63, 3.8) is 0 Å². The van der Waals surface area contributed by atoms with E-state index in [4.69, 9.17) is 0 Å². The van der Waals surface area contributed by atoms with Gasteiger partial charge in [-0.05, 0) is 97.7 Å². The third kappa shape index (κ3) is 4.22. The summed E-state index contributed by atoms with van der Waals surface area (Å²) >= 11 is 1.82. The average Bonchev–Trinajstić information content (AvgIpc) is 3.70. The van der Waals surface area contributed by atoms with Gasteiger partial charge in [0.15, 0.2) is 0 Å². The van der Waals surface area contributed by atoms with Crippen LogP contribution in [0, 0.1) is 0 Å². The number of rotatable bonds is 5. The number of hydrogen-bond acceptors (Lipinski definition) is 3. The Morgan fingerprint density at radius 3 is 1.83 bits per heavy atom. The minimum atomic E-state index is 1.11. The fourth-order valence-electron chi connectivity index (χ4n) is 7.47. The molecule has 0 spiro atoms. The van der Waals surface area contributed by atoms with Gasteiger partial charge in [-0.2, -0.15) is 0 Å². The van der Waals surface area contributed by atoms with Gasteiger partial charge in [-0.25, -0.2) is 0 Å². The molecule has 0 bridgehead atoms. The number of benzene rings is 7. The molecule has 0 radical (unpaired) electrons. The largest absolute Gasteiger partial charge is 0.310 e. The Kier molecular flexibility index (Phi) is 6.08. The van der Waals surface area contributed by atoms with Crippen LogP contribution in [0.2, 0.25) is 0 Å². The molecule has 0 saturated heterocycles. The first-order valence-electron chi connectivity index (χ1n) is 16.3. The van der Waals surface area contributed by atoms with Crippen LogP contribution in [0.4, 0.5) is 17.1 Å². The number of thiophene rings is 1. The van der Waals surface area contributed by atoms with E-state index in [1.54, 1.807) is 0 Å². The van der Waals surface area contributed by atoms with Gasteiger partial charge in [0.05, 0.1) is 5.69 Å². The van der Waals surface area contributed by atoms with E-state index < -0.39 is 0 Å². The summed E-state index contributed by atoms with van der Waals surface area (Å²) in [5.41, 5.74) is 13.4. The lowest BCUT2D eigenvalue weighted by molar-refractivity contribution is 1.30. The average molecular weight is 629 g/mol. The Hall–Kier alpha value is -6.03. The molecule has 0 unspecified atom stereocenters. The van der Waals surface area contributed by atoms with Crippen molar-refractivity contribution in [3.05, 3.63) is 170 Å². The lowest BCUT2D eigenvalue weighted by atomic mass is 9.99. The predicted molar refractivity (Wildman–Crippen MR) is 205 cm³/mol. The number of nitrogens with zero attached hydrogens (tertiary/aromatic N) is 2. The Labute approximate surface area is 282 Å². The van der Waals surface area contributed by atoms with Gasteiger partial charge in [0, 0.05) is 43.9 Å². The summed E-state index contributed by atoms with van der Waals surface area (Å²) in [6.07, 6.45) is 3.90. The second-order valence-corrected chi connectivity index (χ2v) is 13.5. The molecule has 0 N–H and O–H groups in total. The fraction of sp³-hybridized carbons (Fsp3) is 0. The Bertz CT molecular complexity index is 2650. The molecule has 2 heterocycles. The molecule has 0 saturated carbocycles. The summed E-state index contributed by atoms with van der Waals surface area (Å²) in [6, 6.07) is 57.5. The van der Waals surface area contributed by atoms with Gasteiger partial charge in [-0.15, -0.1) is 11.3 Å². The monoisotopic (exact) mass is 628 g/mol. The molecule has 0 fully saturated rings. The molecule has 10 rings (SSSR count).